The average Bonchev–Trinajstić information content (AvgIpc) is 3.31. The molecule has 0 unspecified atom stereocenters. The molecule has 0 aliphatic heterocycles. The van der Waals surface area contributed by atoms with Crippen LogP contribution in [-0.2, 0) is 37.3 Å². The van der Waals surface area contributed by atoms with Gasteiger partial charge in [0.15, 0.2) is 0 Å². The number of aromatic nitrogens is 3. The Morgan fingerprint density at radius 3 is 2.45 bits per heavy atom. The Labute approximate surface area is 276 Å². The van der Waals surface area contributed by atoms with Crippen molar-refractivity contribution in [2.24, 2.45) is 0 Å². The average molecular weight is 688 g/mol. The van der Waals surface area contributed by atoms with Gasteiger partial charge in [0, 0.05) is 30.3 Å². The summed E-state index contributed by atoms with van der Waals surface area (Å²) in [6, 6.07) is 14.6. The second kappa shape index (κ2) is 14.5. The normalized spacial score (nSPS) is 11.7. The maximum atomic E-state index is 15.6. The van der Waals surface area contributed by atoms with Gasteiger partial charge in [-0.3, -0.25) is 9.36 Å². The summed E-state index contributed by atoms with van der Waals surface area (Å²) in [6.07, 6.45) is -0.674. The Hall–Kier alpha value is -4.53. The topological polar surface area (TPSA) is 151 Å². The molecule has 47 heavy (non-hydrogen) atoms. The van der Waals surface area contributed by atoms with Gasteiger partial charge in [-0.25, -0.2) is 27.1 Å². The Morgan fingerprint density at radius 2 is 1.79 bits per heavy atom. The molecule has 12 nitrogen and oxygen atoms in total. The first-order valence-electron chi connectivity index (χ1n) is 14.5. The summed E-state index contributed by atoms with van der Waals surface area (Å²) in [6.45, 7) is 6.64. The number of hydrogen-bond donors (Lipinski definition) is 2. The van der Waals surface area contributed by atoms with Crippen molar-refractivity contribution in [1.29, 1.82) is 0 Å². The van der Waals surface area contributed by atoms with E-state index in [4.69, 9.17) is 21.1 Å². The van der Waals surface area contributed by atoms with Crippen LogP contribution in [-0.4, -0.2) is 54.1 Å². The van der Waals surface area contributed by atoms with E-state index < -0.39 is 33.2 Å². The highest BCUT2D eigenvalue weighted by Crippen LogP contribution is 2.29. The van der Waals surface area contributed by atoms with Crippen LogP contribution in [0.25, 0.3) is 16.8 Å². The molecule has 4 rings (SSSR count). The van der Waals surface area contributed by atoms with E-state index in [1.807, 2.05) is 4.72 Å². The van der Waals surface area contributed by atoms with Gasteiger partial charge in [-0.05, 0) is 56.7 Å². The first-order chi connectivity index (χ1) is 22.1. The number of sulfonamides is 1. The van der Waals surface area contributed by atoms with Crippen LogP contribution in [0.2, 0.25) is 5.02 Å². The monoisotopic (exact) mass is 687 g/mol. The van der Waals surface area contributed by atoms with E-state index in [2.05, 4.69) is 10.4 Å². The first kappa shape index (κ1) is 35.3. The SMILES string of the molecule is CCc1nn(-c2cc(NC(=O)CCOC)ccc2Cl)c(=O)n1Cc1ccc(-c2ccccc2S(=O)(=O)NC(=O)OC(C)(C)C)cc1F. The molecule has 15 heteroatoms. The third kappa shape index (κ3) is 8.64. The number of carbonyl (C=O) groups excluding carboxylic acids is 2. The zero-order valence-electron chi connectivity index (χ0n) is 26.5. The molecule has 0 saturated carbocycles. The van der Waals surface area contributed by atoms with E-state index in [9.17, 15) is 22.8 Å². The summed E-state index contributed by atoms with van der Waals surface area (Å²) in [5, 5.41) is 7.35. The minimum atomic E-state index is -4.38. The van der Waals surface area contributed by atoms with E-state index in [1.165, 1.54) is 54.1 Å². The van der Waals surface area contributed by atoms with Crippen LogP contribution in [0.3, 0.4) is 0 Å². The predicted octanol–water partition coefficient (Wildman–Crippen LogP) is 5.29. The molecule has 4 aromatic rings. The summed E-state index contributed by atoms with van der Waals surface area (Å²) in [5.74, 6) is -0.630. The molecule has 0 aliphatic carbocycles. The fourth-order valence-electron chi connectivity index (χ4n) is 4.60. The highest BCUT2D eigenvalue weighted by atomic mass is 35.5. The predicted molar refractivity (Wildman–Crippen MR) is 175 cm³/mol. The van der Waals surface area contributed by atoms with Crippen molar-refractivity contribution in [2.45, 2.75) is 57.6 Å². The van der Waals surface area contributed by atoms with Crippen LogP contribution >= 0.6 is 11.6 Å². The summed E-state index contributed by atoms with van der Waals surface area (Å²) >= 11 is 6.41. The number of carbonyl (C=O) groups is 2. The van der Waals surface area contributed by atoms with Crippen LogP contribution < -0.4 is 15.7 Å². The van der Waals surface area contributed by atoms with Crippen molar-refractivity contribution in [3.8, 4) is 16.8 Å². The van der Waals surface area contributed by atoms with E-state index in [1.54, 1.807) is 39.8 Å². The molecule has 250 valence electrons. The standard InChI is InChI=1S/C32H35ClFN5O7S/c1-6-28-36-39(26-18-22(13-14-24(26)33)35-29(40)15-16-45-5)31(42)38(28)19-21-12-11-20(17-25(21)34)23-9-7-8-10-27(23)47(43,44)37-30(41)46-32(2,3)4/h7-14,17-18H,6,15-16,19H2,1-5H3,(H,35,40)(H,37,41). The van der Waals surface area contributed by atoms with Crippen LogP contribution in [0, 0.1) is 5.82 Å². The highest BCUT2D eigenvalue weighted by molar-refractivity contribution is 7.90. The Kier molecular flexibility index (Phi) is 10.9. The second-order valence-corrected chi connectivity index (χ2v) is 13.5. The van der Waals surface area contributed by atoms with Gasteiger partial charge >= 0.3 is 11.8 Å². The fourth-order valence-corrected chi connectivity index (χ4v) is 5.90. The number of nitrogens with zero attached hydrogens (tertiary/aromatic N) is 3. The van der Waals surface area contributed by atoms with Crippen molar-refractivity contribution >= 4 is 39.3 Å². The number of benzene rings is 3. The molecule has 0 fully saturated rings. The molecule has 0 aliphatic rings. The Balaban J connectivity index is 1.64. The molecule has 0 spiro atoms. The van der Waals surface area contributed by atoms with Crippen LogP contribution in [0.1, 0.15) is 45.5 Å². The number of nitrogens with one attached hydrogen (secondary N) is 2. The van der Waals surface area contributed by atoms with Gasteiger partial charge in [-0.2, -0.15) is 4.68 Å². The maximum absolute atomic E-state index is 15.6. The van der Waals surface area contributed by atoms with Gasteiger partial charge in [0.05, 0.1) is 35.2 Å². The van der Waals surface area contributed by atoms with Crippen molar-refractivity contribution in [3.05, 3.63) is 93.4 Å². The molecule has 0 radical (unpaired) electrons. The van der Waals surface area contributed by atoms with Gasteiger partial charge < -0.3 is 14.8 Å². The lowest BCUT2D eigenvalue weighted by molar-refractivity contribution is -0.117. The van der Waals surface area contributed by atoms with E-state index >= 15 is 4.39 Å². The molecule has 2 amide bonds. The fraction of sp³-hybridized carbons (Fsp3) is 0.312. The number of hydrogen-bond acceptors (Lipinski definition) is 8. The quantitative estimate of drug-likeness (QED) is 0.216. The zero-order chi connectivity index (χ0) is 34.5. The molecule has 1 aromatic heterocycles. The number of amides is 2. The van der Waals surface area contributed by atoms with Crippen LogP contribution in [0.5, 0.6) is 0 Å². The van der Waals surface area contributed by atoms with Gasteiger partial charge in [0.2, 0.25) is 5.91 Å². The van der Waals surface area contributed by atoms with E-state index in [0.717, 1.165) is 10.7 Å². The maximum Gasteiger partial charge on any atom is 0.421 e. The number of rotatable bonds is 11. The lowest BCUT2D eigenvalue weighted by atomic mass is 10.0. The number of aryl methyl sites for hydroxylation is 1. The number of ether oxygens (including phenoxy) is 2. The molecule has 3 aromatic carbocycles. The number of anilines is 1. The Morgan fingerprint density at radius 1 is 1.06 bits per heavy atom. The summed E-state index contributed by atoms with van der Waals surface area (Å²) in [5.41, 5.74) is -0.365. The first-order valence-corrected chi connectivity index (χ1v) is 16.4. The van der Waals surface area contributed by atoms with Gasteiger partial charge in [-0.15, -0.1) is 5.10 Å². The van der Waals surface area contributed by atoms with Crippen LogP contribution in [0.4, 0.5) is 14.9 Å². The molecular weight excluding hydrogens is 653 g/mol. The zero-order valence-corrected chi connectivity index (χ0v) is 28.0. The van der Waals surface area contributed by atoms with Crippen molar-refractivity contribution in [1.82, 2.24) is 19.1 Å². The minimum Gasteiger partial charge on any atom is -0.443 e. The van der Waals surface area contributed by atoms with Gasteiger partial charge in [0.1, 0.15) is 17.2 Å². The van der Waals surface area contributed by atoms with Crippen molar-refractivity contribution < 1.29 is 31.9 Å². The summed E-state index contributed by atoms with van der Waals surface area (Å²) in [4.78, 5) is 37.7. The second-order valence-electron chi connectivity index (χ2n) is 11.4. The van der Waals surface area contributed by atoms with Crippen LogP contribution in [0.15, 0.2) is 70.4 Å². The van der Waals surface area contributed by atoms with Crippen molar-refractivity contribution in [2.75, 3.05) is 19.0 Å². The molecule has 1 heterocycles. The third-order valence-electron chi connectivity index (χ3n) is 6.73. The van der Waals surface area contributed by atoms with E-state index in [0.29, 0.717) is 17.9 Å². The molecule has 0 bridgehead atoms. The largest absolute Gasteiger partial charge is 0.443 e. The minimum absolute atomic E-state index is 0.137. The third-order valence-corrected chi connectivity index (χ3v) is 8.42. The van der Waals surface area contributed by atoms with Gasteiger partial charge in [-0.1, -0.05) is 48.9 Å². The smallest absolute Gasteiger partial charge is 0.421 e. The molecule has 0 saturated heterocycles. The number of methoxy groups -OCH3 is 1. The Bertz CT molecular complexity index is 1970. The number of halogens is 2. The molecule has 2 N–H and O–H groups in total. The molecule has 0 atom stereocenters. The lowest BCUT2D eigenvalue weighted by Crippen LogP contribution is -2.36. The van der Waals surface area contributed by atoms with Crippen molar-refractivity contribution in [3.63, 3.8) is 0 Å². The summed E-state index contributed by atoms with van der Waals surface area (Å²) < 4.78 is 56.1. The lowest BCUT2D eigenvalue weighted by Gasteiger charge is -2.20. The van der Waals surface area contributed by atoms with E-state index in [-0.39, 0.29) is 57.8 Å². The van der Waals surface area contributed by atoms with Gasteiger partial charge in [0.25, 0.3) is 10.0 Å². The summed E-state index contributed by atoms with van der Waals surface area (Å²) in [7, 11) is -2.89. The highest BCUT2D eigenvalue weighted by Gasteiger charge is 2.26. The molecular formula is C32H35ClFN5O7S.